The first kappa shape index (κ1) is 22.4. The summed E-state index contributed by atoms with van der Waals surface area (Å²) < 4.78 is 13.1. The molecule has 8 heteroatoms. The zero-order chi connectivity index (χ0) is 23.8. The predicted octanol–water partition coefficient (Wildman–Crippen LogP) is 3.75. The number of hydrogen-bond acceptors (Lipinski definition) is 6. The molecule has 1 saturated heterocycles. The molecule has 34 heavy (non-hydrogen) atoms. The third kappa shape index (κ3) is 4.37. The molecule has 3 N–H and O–H groups in total. The number of halogens is 1. The van der Waals surface area contributed by atoms with Gasteiger partial charge in [-0.25, -0.2) is 9.82 Å². The minimum absolute atomic E-state index is 0.0313. The molecule has 0 radical (unpaired) electrons. The largest absolute Gasteiger partial charge is 0.350 e. The lowest BCUT2D eigenvalue weighted by atomic mass is 9.95. The Morgan fingerprint density at radius 2 is 2.00 bits per heavy atom. The van der Waals surface area contributed by atoms with Gasteiger partial charge >= 0.3 is 0 Å². The number of rotatable bonds is 6. The summed E-state index contributed by atoms with van der Waals surface area (Å²) in [5.74, 6) is 0.526. The van der Waals surface area contributed by atoms with Crippen LogP contribution in [0.4, 0.5) is 4.39 Å². The fraction of sp³-hybridized carbons (Fsp3) is 0.385. The molecule has 4 atom stereocenters. The Hall–Kier alpha value is -3.39. The number of carbonyl (C=O) groups excluding carboxylic acids is 1. The number of hydrogen-bond donors (Lipinski definition) is 3. The lowest BCUT2D eigenvalue weighted by molar-refractivity contribution is -0.121. The van der Waals surface area contributed by atoms with Crippen LogP contribution in [0.3, 0.4) is 0 Å². The summed E-state index contributed by atoms with van der Waals surface area (Å²) >= 11 is 0. The molecular formula is C26H31FN6O. The summed E-state index contributed by atoms with van der Waals surface area (Å²) in [5.41, 5.74) is 11.7. The van der Waals surface area contributed by atoms with E-state index in [1.54, 1.807) is 12.1 Å². The number of nitrogens with one attached hydrogen (secondary N) is 3. The number of carbonyl (C=O) groups is 1. The van der Waals surface area contributed by atoms with Crippen molar-refractivity contribution in [3.05, 3.63) is 82.9 Å². The minimum atomic E-state index is -0.283. The quantitative estimate of drug-likeness (QED) is 0.610. The van der Waals surface area contributed by atoms with Crippen molar-refractivity contribution in [3.63, 3.8) is 0 Å². The van der Waals surface area contributed by atoms with Crippen molar-refractivity contribution in [1.82, 2.24) is 26.1 Å². The Bertz CT molecular complexity index is 1130. The molecule has 3 unspecified atom stereocenters. The molecule has 0 saturated carbocycles. The smallest absolute Gasteiger partial charge is 0.220 e. The van der Waals surface area contributed by atoms with Gasteiger partial charge in [0.2, 0.25) is 5.91 Å². The predicted molar refractivity (Wildman–Crippen MR) is 130 cm³/mol. The second-order valence-corrected chi connectivity index (χ2v) is 9.40. The number of aryl methyl sites for hydroxylation is 2. The number of hydrazine groups is 1. The van der Waals surface area contributed by atoms with Gasteiger partial charge in [0.15, 0.2) is 0 Å². The standard InChI is InChI=1S/C26H31FN6O/c1-16-4-5-17(2)21(14-16)22-15-23-26-30-29-24(32(26)12-13-33(23)31-22)10-11-25(34)28-18(3)19-6-8-20(27)9-7-19/h4-9,12-14,18,22-23,26,30-31H,10-11,15H2,1-3H3,(H,28,34)/t18-,22?,23?,26?/m1/s1. The minimum Gasteiger partial charge on any atom is -0.350 e. The molecule has 178 valence electrons. The summed E-state index contributed by atoms with van der Waals surface area (Å²) in [6.07, 6.45) is 5.95. The molecule has 3 heterocycles. The summed E-state index contributed by atoms with van der Waals surface area (Å²) in [7, 11) is 0. The Balaban J connectivity index is 1.17. The molecule has 7 nitrogen and oxygen atoms in total. The van der Waals surface area contributed by atoms with Crippen molar-refractivity contribution in [1.29, 1.82) is 0 Å². The summed E-state index contributed by atoms with van der Waals surface area (Å²) in [6, 6.07) is 13.1. The second-order valence-electron chi connectivity index (χ2n) is 9.40. The van der Waals surface area contributed by atoms with Gasteiger partial charge in [0.1, 0.15) is 17.8 Å². The highest BCUT2D eigenvalue weighted by molar-refractivity contribution is 5.89. The fourth-order valence-electron chi connectivity index (χ4n) is 5.02. The van der Waals surface area contributed by atoms with E-state index in [0.717, 1.165) is 17.8 Å². The Kier molecular flexibility index (Phi) is 6.00. The van der Waals surface area contributed by atoms with E-state index in [2.05, 4.69) is 69.4 Å². The van der Waals surface area contributed by atoms with Crippen LogP contribution in [0.5, 0.6) is 0 Å². The van der Waals surface area contributed by atoms with Gasteiger partial charge in [0.05, 0.1) is 18.1 Å². The van der Waals surface area contributed by atoms with Crippen molar-refractivity contribution >= 4 is 11.7 Å². The third-order valence-corrected chi connectivity index (χ3v) is 6.95. The SMILES string of the molecule is Cc1ccc(C)c(C2CC3C4NN=C(CCC(=O)N[C@H](C)c5ccc(F)cc5)N4C=CN3N2)c1. The molecule has 1 fully saturated rings. The van der Waals surface area contributed by atoms with Gasteiger partial charge in [-0.3, -0.25) is 10.2 Å². The molecule has 0 spiro atoms. The molecule has 3 aliphatic rings. The molecule has 0 aliphatic carbocycles. The van der Waals surface area contributed by atoms with Gasteiger partial charge in [-0.2, -0.15) is 5.10 Å². The van der Waals surface area contributed by atoms with Crippen molar-refractivity contribution in [2.45, 2.75) is 64.3 Å². The maximum Gasteiger partial charge on any atom is 0.220 e. The van der Waals surface area contributed by atoms with Gasteiger partial charge < -0.3 is 15.2 Å². The Morgan fingerprint density at radius 3 is 2.79 bits per heavy atom. The van der Waals surface area contributed by atoms with Crippen LogP contribution in [-0.2, 0) is 4.79 Å². The summed E-state index contributed by atoms with van der Waals surface area (Å²) in [6.45, 7) is 6.19. The number of hydrazone groups is 1. The first-order valence-electron chi connectivity index (χ1n) is 11.8. The Labute approximate surface area is 199 Å². The number of benzene rings is 2. The molecule has 2 aromatic carbocycles. The van der Waals surface area contributed by atoms with Crippen LogP contribution in [0.2, 0.25) is 0 Å². The first-order chi connectivity index (χ1) is 16.4. The highest BCUT2D eigenvalue weighted by atomic mass is 19.1. The molecule has 1 amide bonds. The summed E-state index contributed by atoms with van der Waals surface area (Å²) in [4.78, 5) is 14.7. The first-order valence-corrected chi connectivity index (χ1v) is 11.8. The lowest BCUT2D eigenvalue weighted by Crippen LogP contribution is -2.54. The van der Waals surface area contributed by atoms with Crippen LogP contribution in [-0.4, -0.2) is 33.9 Å². The Morgan fingerprint density at radius 1 is 1.21 bits per heavy atom. The average molecular weight is 463 g/mol. The fourth-order valence-corrected chi connectivity index (χ4v) is 5.02. The van der Waals surface area contributed by atoms with E-state index >= 15 is 0 Å². The molecule has 0 bridgehead atoms. The van der Waals surface area contributed by atoms with E-state index in [1.165, 1.54) is 28.8 Å². The van der Waals surface area contributed by atoms with E-state index in [9.17, 15) is 9.18 Å². The zero-order valence-corrected chi connectivity index (χ0v) is 19.8. The summed E-state index contributed by atoms with van der Waals surface area (Å²) in [5, 5.41) is 9.72. The normalized spacial score (nSPS) is 23.8. The highest BCUT2D eigenvalue weighted by Crippen LogP contribution is 2.35. The van der Waals surface area contributed by atoms with Crippen LogP contribution < -0.4 is 16.2 Å². The van der Waals surface area contributed by atoms with Crippen LogP contribution in [0.25, 0.3) is 0 Å². The van der Waals surface area contributed by atoms with Gasteiger partial charge in [-0.05, 0) is 56.0 Å². The number of amides is 1. The topological polar surface area (TPSA) is 72.0 Å². The second kappa shape index (κ2) is 9.10. The number of amidine groups is 1. The van der Waals surface area contributed by atoms with E-state index in [0.29, 0.717) is 12.8 Å². The highest BCUT2D eigenvalue weighted by Gasteiger charge is 2.44. The van der Waals surface area contributed by atoms with Gasteiger partial charge in [-0.1, -0.05) is 35.9 Å². The molecule has 2 aromatic rings. The lowest BCUT2D eigenvalue weighted by Gasteiger charge is -2.37. The van der Waals surface area contributed by atoms with Crippen molar-refractivity contribution in [3.8, 4) is 0 Å². The maximum absolute atomic E-state index is 13.1. The van der Waals surface area contributed by atoms with Gasteiger partial charge in [0, 0.05) is 25.2 Å². The van der Waals surface area contributed by atoms with E-state index < -0.39 is 0 Å². The van der Waals surface area contributed by atoms with Crippen molar-refractivity contribution in [2.24, 2.45) is 5.10 Å². The van der Waals surface area contributed by atoms with Crippen LogP contribution in [0.15, 0.2) is 60.0 Å². The maximum atomic E-state index is 13.1. The molecule has 0 aromatic heterocycles. The number of fused-ring (bicyclic) bond motifs is 3. The number of nitrogens with zero attached hydrogens (tertiary/aromatic N) is 3. The van der Waals surface area contributed by atoms with Crippen LogP contribution >= 0.6 is 0 Å². The van der Waals surface area contributed by atoms with Gasteiger partial charge in [-0.15, -0.1) is 0 Å². The molecule has 3 aliphatic heterocycles. The van der Waals surface area contributed by atoms with E-state index in [1.807, 2.05) is 13.1 Å². The monoisotopic (exact) mass is 462 g/mol. The van der Waals surface area contributed by atoms with E-state index in [4.69, 9.17) is 0 Å². The van der Waals surface area contributed by atoms with Crippen LogP contribution in [0, 0.1) is 19.7 Å². The molecular weight excluding hydrogens is 431 g/mol. The van der Waals surface area contributed by atoms with E-state index in [-0.39, 0.29) is 36.0 Å². The third-order valence-electron chi connectivity index (χ3n) is 6.95. The molecule has 5 rings (SSSR count). The van der Waals surface area contributed by atoms with Crippen LogP contribution in [0.1, 0.15) is 60.5 Å². The van der Waals surface area contributed by atoms with Crippen molar-refractivity contribution in [2.75, 3.05) is 0 Å². The van der Waals surface area contributed by atoms with Crippen molar-refractivity contribution < 1.29 is 9.18 Å². The zero-order valence-electron chi connectivity index (χ0n) is 19.8. The average Bonchev–Trinajstić information content (AvgIpc) is 3.43. The van der Waals surface area contributed by atoms with Gasteiger partial charge in [0.25, 0.3) is 0 Å².